The van der Waals surface area contributed by atoms with E-state index in [1.807, 2.05) is 12.1 Å². The molecule has 0 aromatic carbocycles. The van der Waals surface area contributed by atoms with Crippen molar-refractivity contribution in [1.29, 1.82) is 0 Å². The largest absolute Gasteiger partial charge is 0.379 e. The van der Waals surface area contributed by atoms with Crippen LogP contribution in [0.5, 0.6) is 0 Å². The minimum Gasteiger partial charge on any atom is -0.379 e. The summed E-state index contributed by atoms with van der Waals surface area (Å²) in [6.07, 6.45) is 6.52. The van der Waals surface area contributed by atoms with Crippen LogP contribution < -0.4 is 11.1 Å². The van der Waals surface area contributed by atoms with E-state index < -0.39 is 0 Å². The molecular formula is C13H17N7O. The van der Waals surface area contributed by atoms with Crippen LogP contribution >= 0.6 is 0 Å². The van der Waals surface area contributed by atoms with Gasteiger partial charge in [0.25, 0.3) is 0 Å². The van der Waals surface area contributed by atoms with Crippen molar-refractivity contribution in [3.05, 3.63) is 31.0 Å². The maximum atomic E-state index is 11.1. The second-order valence-corrected chi connectivity index (χ2v) is 4.96. The van der Waals surface area contributed by atoms with Gasteiger partial charge in [0.05, 0.1) is 5.69 Å². The van der Waals surface area contributed by atoms with Crippen LogP contribution in [0.25, 0.3) is 5.82 Å². The third kappa shape index (κ3) is 2.93. The molecule has 0 bridgehead atoms. The molecule has 8 heteroatoms. The molecule has 2 aromatic heterocycles. The van der Waals surface area contributed by atoms with E-state index in [4.69, 9.17) is 5.73 Å². The molecule has 1 aliphatic heterocycles. The monoisotopic (exact) mass is 287 g/mol. The van der Waals surface area contributed by atoms with Gasteiger partial charge in [0, 0.05) is 25.3 Å². The van der Waals surface area contributed by atoms with E-state index in [1.165, 1.54) is 6.33 Å². The summed E-state index contributed by atoms with van der Waals surface area (Å²) in [5.41, 5.74) is 6.19. The average molecular weight is 287 g/mol. The van der Waals surface area contributed by atoms with Gasteiger partial charge in [-0.25, -0.2) is 19.4 Å². The molecule has 3 rings (SSSR count). The number of anilines is 1. The number of urea groups is 1. The van der Waals surface area contributed by atoms with Gasteiger partial charge >= 0.3 is 6.03 Å². The number of carbonyl (C=O) groups excluding carboxylic acids is 1. The molecule has 0 radical (unpaired) electrons. The molecule has 110 valence electrons. The Hall–Kier alpha value is -2.64. The summed E-state index contributed by atoms with van der Waals surface area (Å²) in [6, 6.07) is 3.77. The second kappa shape index (κ2) is 5.78. The minimum absolute atomic E-state index is 0.284. The smallest absolute Gasteiger partial charge is 0.314 e. The fourth-order valence-electron chi connectivity index (χ4n) is 2.47. The molecule has 1 fully saturated rings. The summed E-state index contributed by atoms with van der Waals surface area (Å²) < 4.78 is 1.63. The van der Waals surface area contributed by atoms with Crippen molar-refractivity contribution in [2.75, 3.05) is 18.4 Å². The van der Waals surface area contributed by atoms with Crippen LogP contribution in [0.3, 0.4) is 0 Å². The minimum atomic E-state index is -0.349. The van der Waals surface area contributed by atoms with Gasteiger partial charge in [-0.15, -0.1) is 0 Å². The van der Waals surface area contributed by atoms with Crippen LogP contribution in [0, 0.1) is 0 Å². The first-order valence-electron chi connectivity index (χ1n) is 6.85. The Morgan fingerprint density at radius 3 is 2.86 bits per heavy atom. The molecule has 3 N–H and O–H groups in total. The molecular weight excluding hydrogens is 270 g/mol. The van der Waals surface area contributed by atoms with Crippen molar-refractivity contribution < 1.29 is 4.79 Å². The normalized spacial score (nSPS) is 15.9. The maximum absolute atomic E-state index is 11.1. The molecule has 3 heterocycles. The number of nitrogens with one attached hydrogen (secondary N) is 1. The molecule has 0 aliphatic carbocycles. The van der Waals surface area contributed by atoms with Crippen molar-refractivity contribution in [1.82, 2.24) is 24.6 Å². The van der Waals surface area contributed by atoms with Gasteiger partial charge in [-0.3, -0.25) is 0 Å². The molecule has 0 spiro atoms. The van der Waals surface area contributed by atoms with E-state index in [1.54, 1.807) is 22.1 Å². The summed E-state index contributed by atoms with van der Waals surface area (Å²) >= 11 is 0. The third-order valence-corrected chi connectivity index (χ3v) is 3.59. The van der Waals surface area contributed by atoms with Crippen molar-refractivity contribution in [3.63, 3.8) is 0 Å². The van der Waals surface area contributed by atoms with Gasteiger partial charge < -0.3 is 16.0 Å². The molecule has 0 atom stereocenters. The van der Waals surface area contributed by atoms with Crippen LogP contribution in [0.1, 0.15) is 12.8 Å². The van der Waals surface area contributed by atoms with Crippen LogP contribution in [0.2, 0.25) is 0 Å². The Morgan fingerprint density at radius 1 is 1.38 bits per heavy atom. The highest BCUT2D eigenvalue weighted by atomic mass is 16.2. The zero-order chi connectivity index (χ0) is 14.7. The summed E-state index contributed by atoms with van der Waals surface area (Å²) in [7, 11) is 0. The van der Waals surface area contributed by atoms with E-state index in [0.717, 1.165) is 18.5 Å². The zero-order valence-corrected chi connectivity index (χ0v) is 11.5. The van der Waals surface area contributed by atoms with E-state index in [-0.39, 0.29) is 12.1 Å². The molecule has 2 amide bonds. The van der Waals surface area contributed by atoms with Gasteiger partial charge in [-0.1, -0.05) is 0 Å². The lowest BCUT2D eigenvalue weighted by atomic mass is 10.1. The predicted molar refractivity (Wildman–Crippen MR) is 77.0 cm³/mol. The Balaban J connectivity index is 1.70. The molecule has 1 saturated heterocycles. The van der Waals surface area contributed by atoms with E-state index in [0.29, 0.717) is 18.9 Å². The van der Waals surface area contributed by atoms with Gasteiger partial charge in [0.15, 0.2) is 5.82 Å². The number of pyridine rings is 1. The van der Waals surface area contributed by atoms with Gasteiger partial charge in [0.1, 0.15) is 12.7 Å². The van der Waals surface area contributed by atoms with Gasteiger partial charge in [-0.2, -0.15) is 5.10 Å². The lowest BCUT2D eigenvalue weighted by molar-refractivity contribution is 0.193. The van der Waals surface area contributed by atoms with Crippen LogP contribution in [-0.4, -0.2) is 49.8 Å². The standard InChI is InChI=1S/C13H17N7O/c14-13(21)19-6-3-10(4-7-19)18-11-2-1-5-16-12(11)20-9-15-8-17-20/h1-2,5,8-10,18H,3-4,6-7H2,(H2,14,21). The summed E-state index contributed by atoms with van der Waals surface area (Å²) in [4.78, 5) is 21.1. The number of primary amides is 1. The van der Waals surface area contributed by atoms with Crippen molar-refractivity contribution >= 4 is 11.7 Å². The third-order valence-electron chi connectivity index (χ3n) is 3.59. The number of piperidine rings is 1. The second-order valence-electron chi connectivity index (χ2n) is 4.96. The van der Waals surface area contributed by atoms with Gasteiger partial charge in [-0.05, 0) is 25.0 Å². The lowest BCUT2D eigenvalue weighted by Gasteiger charge is -2.31. The number of carbonyl (C=O) groups is 1. The van der Waals surface area contributed by atoms with Crippen LogP contribution in [-0.2, 0) is 0 Å². The number of rotatable bonds is 3. The number of hydrogen-bond donors (Lipinski definition) is 2. The van der Waals surface area contributed by atoms with Crippen LogP contribution in [0.4, 0.5) is 10.5 Å². The number of aromatic nitrogens is 4. The molecule has 2 aromatic rings. The first-order chi connectivity index (χ1) is 10.2. The number of likely N-dealkylation sites (tertiary alicyclic amines) is 1. The molecule has 0 saturated carbocycles. The zero-order valence-electron chi connectivity index (χ0n) is 11.5. The quantitative estimate of drug-likeness (QED) is 0.861. The number of nitrogens with two attached hydrogens (primary N) is 1. The summed E-state index contributed by atoms with van der Waals surface area (Å²) in [6.45, 7) is 1.35. The number of amides is 2. The Labute approximate surface area is 122 Å². The summed E-state index contributed by atoms with van der Waals surface area (Å²) in [5.74, 6) is 0.715. The first kappa shape index (κ1) is 13.3. The SMILES string of the molecule is NC(=O)N1CCC(Nc2cccnc2-n2cncn2)CC1. The van der Waals surface area contributed by atoms with E-state index in [2.05, 4.69) is 20.4 Å². The van der Waals surface area contributed by atoms with Gasteiger partial charge in [0.2, 0.25) is 0 Å². The first-order valence-corrected chi connectivity index (χ1v) is 6.85. The Kier molecular flexibility index (Phi) is 3.67. The van der Waals surface area contributed by atoms with Crippen molar-refractivity contribution in [3.8, 4) is 5.82 Å². The van der Waals surface area contributed by atoms with Crippen LogP contribution in [0.15, 0.2) is 31.0 Å². The molecule has 21 heavy (non-hydrogen) atoms. The highest BCUT2D eigenvalue weighted by molar-refractivity contribution is 5.72. The summed E-state index contributed by atoms with van der Waals surface area (Å²) in [5, 5.41) is 7.58. The highest BCUT2D eigenvalue weighted by Gasteiger charge is 2.22. The highest BCUT2D eigenvalue weighted by Crippen LogP contribution is 2.20. The fourth-order valence-corrected chi connectivity index (χ4v) is 2.47. The fraction of sp³-hybridized carbons (Fsp3) is 0.385. The average Bonchev–Trinajstić information content (AvgIpc) is 3.02. The lowest BCUT2D eigenvalue weighted by Crippen LogP contribution is -2.44. The Bertz CT molecular complexity index is 605. The topological polar surface area (TPSA) is 102 Å². The van der Waals surface area contributed by atoms with E-state index in [9.17, 15) is 4.79 Å². The molecule has 0 unspecified atom stereocenters. The van der Waals surface area contributed by atoms with Crippen molar-refractivity contribution in [2.24, 2.45) is 5.73 Å². The maximum Gasteiger partial charge on any atom is 0.314 e. The number of nitrogens with zero attached hydrogens (tertiary/aromatic N) is 5. The Morgan fingerprint density at radius 2 is 2.19 bits per heavy atom. The molecule has 8 nitrogen and oxygen atoms in total. The predicted octanol–water partition coefficient (Wildman–Crippen LogP) is 0.617. The van der Waals surface area contributed by atoms with E-state index >= 15 is 0 Å². The molecule has 1 aliphatic rings. The van der Waals surface area contributed by atoms with Crippen molar-refractivity contribution in [2.45, 2.75) is 18.9 Å². The number of hydrogen-bond acceptors (Lipinski definition) is 5.